The van der Waals surface area contributed by atoms with Crippen molar-refractivity contribution in [3.05, 3.63) is 19.3 Å². The van der Waals surface area contributed by atoms with Crippen molar-refractivity contribution in [3.8, 4) is 0 Å². The summed E-state index contributed by atoms with van der Waals surface area (Å²) in [7, 11) is 0. The van der Waals surface area contributed by atoms with Gasteiger partial charge in [-0.25, -0.2) is 0 Å². The molecular formula is C2H5NY+. The van der Waals surface area contributed by atoms with Gasteiger partial charge in [0.05, 0.1) is 0 Å². The quantitative estimate of drug-likeness (QED) is 0.445. The van der Waals surface area contributed by atoms with Crippen LogP contribution >= 0.6 is 0 Å². The maximum atomic E-state index is 4.25. The maximum absolute atomic E-state index is 4.25. The molecule has 0 spiro atoms. The normalized spacial score (nSPS) is 1.00. The molecule has 0 aromatic heterocycles. The van der Waals surface area contributed by atoms with E-state index < -0.39 is 0 Å². The first-order chi connectivity index (χ1) is 1.00. The van der Waals surface area contributed by atoms with Gasteiger partial charge in [0.25, 0.3) is 0 Å². The van der Waals surface area contributed by atoms with Crippen LogP contribution in [0.1, 0.15) is 0 Å². The van der Waals surface area contributed by atoms with Gasteiger partial charge in [-0.05, 0) is 0 Å². The second-order valence-corrected chi connectivity index (χ2v) is 0. The molecular weight excluding hydrogens is 127 g/mol. The van der Waals surface area contributed by atoms with E-state index >= 15 is 0 Å². The van der Waals surface area contributed by atoms with Gasteiger partial charge < -0.3 is 12.7 Å². The molecule has 0 amide bonds. The third-order valence-electron chi connectivity index (χ3n) is 0. The zero-order chi connectivity index (χ0) is 2.00. The van der Waals surface area contributed by atoms with E-state index in [9.17, 15) is 0 Å². The fraction of sp³-hybridized carbons (Fsp3) is 0. The van der Waals surface area contributed by atoms with Gasteiger partial charge in [-0.15, -0.1) is 0 Å². The molecule has 0 aliphatic rings. The molecule has 0 rings (SSSR count). The van der Waals surface area contributed by atoms with Crippen LogP contribution in [0.3, 0.4) is 0 Å². The summed E-state index contributed by atoms with van der Waals surface area (Å²) < 4.78 is 0. The average Bonchev–Trinajstić information content (AvgIpc) is 1.00. The van der Waals surface area contributed by atoms with Gasteiger partial charge in [0, 0.05) is 0 Å². The standard InChI is InChI=1S/C2H3.H2N.Y/c1-2;;/h1H,2H2;1H2;/q2*-1;+3. The first-order valence-electron chi connectivity index (χ1n) is 0.408. The van der Waals surface area contributed by atoms with E-state index in [-0.39, 0.29) is 38.9 Å². The SMILES string of the molecule is [CH-]=C.[NH2-].[Y+3]. The Kier molecular flexibility index (Phi) is 247. The van der Waals surface area contributed by atoms with Crippen molar-refractivity contribution in [1.82, 2.24) is 0 Å². The molecule has 0 aliphatic carbocycles. The molecule has 20 valence electrons. The summed E-state index contributed by atoms with van der Waals surface area (Å²) in [5, 5.41) is 0. The monoisotopic (exact) mass is 132 g/mol. The van der Waals surface area contributed by atoms with Gasteiger partial charge in [0.15, 0.2) is 0 Å². The van der Waals surface area contributed by atoms with Crippen molar-refractivity contribution in [3.63, 3.8) is 0 Å². The Morgan fingerprint density at radius 3 is 1.25 bits per heavy atom. The number of nitrogens with two attached hydrogens (primary N) is 1. The van der Waals surface area contributed by atoms with Gasteiger partial charge in [-0.1, -0.05) is 0 Å². The zero-order valence-corrected chi connectivity index (χ0v) is 5.28. The van der Waals surface area contributed by atoms with E-state index in [1.807, 2.05) is 0 Å². The van der Waals surface area contributed by atoms with Crippen LogP contribution in [0.4, 0.5) is 0 Å². The molecule has 0 aliphatic heterocycles. The molecule has 0 unspecified atom stereocenters. The van der Waals surface area contributed by atoms with Crippen LogP contribution in [-0.2, 0) is 32.7 Å². The van der Waals surface area contributed by atoms with Crippen LogP contribution in [0, 0.1) is 6.58 Å². The predicted molar refractivity (Wildman–Crippen MR) is 15.2 cm³/mol. The first kappa shape index (κ1) is 21.4. The second-order valence-electron chi connectivity index (χ2n) is 0. The van der Waals surface area contributed by atoms with E-state index in [0.717, 1.165) is 0 Å². The number of hydrogen-bond donors (Lipinski definition) is 0. The number of hydrogen-bond acceptors (Lipinski definition) is 0. The molecule has 4 heavy (non-hydrogen) atoms. The van der Waals surface area contributed by atoms with Crippen LogP contribution in [0.5, 0.6) is 0 Å². The molecule has 0 atom stereocenters. The molecule has 0 fully saturated rings. The summed E-state index contributed by atoms with van der Waals surface area (Å²) >= 11 is 0. The number of rotatable bonds is 0. The Morgan fingerprint density at radius 1 is 1.25 bits per heavy atom. The predicted octanol–water partition coefficient (Wildman–Crippen LogP) is 1.32. The minimum Gasteiger partial charge on any atom is -0.693 e. The minimum atomic E-state index is 0. The molecule has 2 N–H and O–H groups in total. The largest absolute Gasteiger partial charge is 3.00 e. The molecule has 0 aromatic rings. The molecule has 2 heteroatoms. The van der Waals surface area contributed by atoms with Gasteiger partial charge in [-0.2, -0.15) is 0 Å². The minimum absolute atomic E-state index is 0. The fourth-order valence-electron chi connectivity index (χ4n) is 0. The third kappa shape index (κ3) is 14.1. The Bertz CT molecular complexity index is 6.00. The molecule has 0 heterocycles. The van der Waals surface area contributed by atoms with Crippen LogP contribution < -0.4 is 0 Å². The van der Waals surface area contributed by atoms with Crippen molar-refractivity contribution in [2.45, 2.75) is 0 Å². The summed E-state index contributed by atoms with van der Waals surface area (Å²) in [6, 6.07) is 0. The zero-order valence-electron chi connectivity index (χ0n) is 2.44. The van der Waals surface area contributed by atoms with E-state index in [1.54, 1.807) is 0 Å². The summed E-state index contributed by atoms with van der Waals surface area (Å²) in [6.45, 7) is 7.00. The smallest absolute Gasteiger partial charge is 0.693 e. The van der Waals surface area contributed by atoms with Crippen LogP contribution in [0.25, 0.3) is 6.15 Å². The van der Waals surface area contributed by atoms with E-state index in [1.165, 1.54) is 0 Å². The Labute approximate surface area is 51.9 Å². The van der Waals surface area contributed by atoms with Crippen LogP contribution in [0.15, 0.2) is 6.58 Å². The second kappa shape index (κ2) is 46.3. The molecule has 0 aromatic carbocycles. The summed E-state index contributed by atoms with van der Waals surface area (Å²) in [5.41, 5.74) is 0. The van der Waals surface area contributed by atoms with Crippen molar-refractivity contribution < 1.29 is 32.7 Å². The van der Waals surface area contributed by atoms with Gasteiger partial charge in [0.2, 0.25) is 0 Å². The first-order valence-corrected chi connectivity index (χ1v) is 0.408. The van der Waals surface area contributed by atoms with Crippen molar-refractivity contribution in [1.29, 1.82) is 0 Å². The molecule has 0 radical (unpaired) electrons. The third-order valence-corrected chi connectivity index (χ3v) is 0. The summed E-state index contributed by atoms with van der Waals surface area (Å²) in [6.07, 6.45) is 0. The molecule has 1 nitrogen and oxygen atoms in total. The van der Waals surface area contributed by atoms with Crippen LogP contribution in [0.2, 0.25) is 0 Å². The topological polar surface area (TPSA) is 33.5 Å². The molecule has 0 saturated heterocycles. The van der Waals surface area contributed by atoms with Crippen molar-refractivity contribution in [2.24, 2.45) is 0 Å². The molecule has 0 saturated carbocycles. The van der Waals surface area contributed by atoms with Crippen molar-refractivity contribution >= 4 is 0 Å². The van der Waals surface area contributed by atoms with E-state index in [2.05, 4.69) is 13.2 Å². The Hall–Kier alpha value is 0.804. The van der Waals surface area contributed by atoms with E-state index in [0.29, 0.717) is 0 Å². The van der Waals surface area contributed by atoms with Gasteiger partial charge in [0.1, 0.15) is 0 Å². The average molecular weight is 132 g/mol. The maximum Gasteiger partial charge on any atom is 3.00 e. The fourth-order valence-corrected chi connectivity index (χ4v) is 0. The van der Waals surface area contributed by atoms with Gasteiger partial charge in [-0.3, -0.25) is 6.58 Å². The summed E-state index contributed by atoms with van der Waals surface area (Å²) in [5.74, 6) is 0. The van der Waals surface area contributed by atoms with E-state index in [4.69, 9.17) is 0 Å². The Balaban J connectivity index is -0.00000000500. The Morgan fingerprint density at radius 2 is 1.25 bits per heavy atom. The summed E-state index contributed by atoms with van der Waals surface area (Å²) in [4.78, 5) is 0. The van der Waals surface area contributed by atoms with Crippen molar-refractivity contribution in [2.75, 3.05) is 0 Å². The van der Waals surface area contributed by atoms with Crippen LogP contribution in [-0.4, -0.2) is 0 Å². The molecule has 0 bridgehead atoms. The van der Waals surface area contributed by atoms with Gasteiger partial charge >= 0.3 is 32.7 Å².